The van der Waals surface area contributed by atoms with Crippen LogP contribution < -0.4 is 10.1 Å². The van der Waals surface area contributed by atoms with Gasteiger partial charge in [-0.1, -0.05) is 24.6 Å². The van der Waals surface area contributed by atoms with Gasteiger partial charge in [0, 0.05) is 25.2 Å². The highest BCUT2D eigenvalue weighted by atomic mass is 16.5. The first-order chi connectivity index (χ1) is 17.8. The molecule has 7 heteroatoms. The molecule has 1 N–H and O–H groups in total. The molecule has 2 aliphatic rings. The molecule has 7 nitrogen and oxygen atoms in total. The number of likely N-dealkylation sites (tertiary alicyclic amines) is 1. The van der Waals surface area contributed by atoms with Crippen molar-refractivity contribution in [3.05, 3.63) is 65.0 Å². The first-order valence-corrected chi connectivity index (χ1v) is 13.4. The number of hydrogen-bond acceptors (Lipinski definition) is 5. The number of aromatic nitrogens is 2. The van der Waals surface area contributed by atoms with Crippen LogP contribution >= 0.6 is 0 Å². The highest BCUT2D eigenvalue weighted by Gasteiger charge is 2.36. The second-order valence-corrected chi connectivity index (χ2v) is 10.7. The summed E-state index contributed by atoms with van der Waals surface area (Å²) in [5.74, 6) is 0.751. The van der Waals surface area contributed by atoms with Gasteiger partial charge in [-0.2, -0.15) is 0 Å². The average molecular weight is 501 g/mol. The van der Waals surface area contributed by atoms with Gasteiger partial charge in [-0.3, -0.25) is 9.59 Å². The molecular weight excluding hydrogens is 464 g/mol. The third-order valence-electron chi connectivity index (χ3n) is 8.12. The zero-order valence-corrected chi connectivity index (χ0v) is 22.0. The number of amides is 2. The summed E-state index contributed by atoms with van der Waals surface area (Å²) in [5.41, 5.74) is 5.14. The summed E-state index contributed by atoms with van der Waals surface area (Å²) in [6.07, 6.45) is 5.32. The van der Waals surface area contributed by atoms with Crippen LogP contribution in [-0.2, 0) is 11.2 Å². The van der Waals surface area contributed by atoms with E-state index in [9.17, 15) is 9.59 Å². The van der Waals surface area contributed by atoms with E-state index in [1.165, 1.54) is 0 Å². The fourth-order valence-electron chi connectivity index (χ4n) is 5.55. The number of nitrogens with zero attached hydrogens (tertiary/aromatic N) is 3. The van der Waals surface area contributed by atoms with Gasteiger partial charge in [-0.25, -0.2) is 9.97 Å². The van der Waals surface area contributed by atoms with Crippen molar-refractivity contribution in [2.75, 3.05) is 19.6 Å². The topological polar surface area (TPSA) is 84.4 Å². The Kier molecular flexibility index (Phi) is 7.13. The fraction of sp³-hybridized carbons (Fsp3) is 0.467. The van der Waals surface area contributed by atoms with Crippen LogP contribution in [-0.4, -0.2) is 52.4 Å². The number of fused-ring (bicyclic) bond motifs is 2. The summed E-state index contributed by atoms with van der Waals surface area (Å²) in [7, 11) is 0. The van der Waals surface area contributed by atoms with Crippen LogP contribution in [0.5, 0.6) is 5.75 Å². The molecule has 5 rings (SSSR count). The van der Waals surface area contributed by atoms with Crippen molar-refractivity contribution in [1.29, 1.82) is 0 Å². The van der Waals surface area contributed by atoms with Crippen LogP contribution in [0.3, 0.4) is 0 Å². The van der Waals surface area contributed by atoms with Crippen LogP contribution in [0, 0.1) is 19.3 Å². The number of carbonyl (C=O) groups is 2. The van der Waals surface area contributed by atoms with Crippen molar-refractivity contribution in [2.45, 2.75) is 65.4 Å². The van der Waals surface area contributed by atoms with Gasteiger partial charge in [-0.15, -0.1) is 0 Å². The molecule has 0 aliphatic carbocycles. The minimum absolute atomic E-state index is 0.00558. The van der Waals surface area contributed by atoms with Crippen LogP contribution in [0.4, 0.5) is 0 Å². The maximum absolute atomic E-state index is 13.4. The normalized spacial score (nSPS) is 20.4. The van der Waals surface area contributed by atoms with Crippen molar-refractivity contribution in [3.8, 4) is 5.75 Å². The highest BCUT2D eigenvalue weighted by Crippen LogP contribution is 2.37. The Labute approximate surface area is 218 Å². The second kappa shape index (κ2) is 10.5. The van der Waals surface area contributed by atoms with Crippen LogP contribution in [0.25, 0.3) is 11.0 Å². The lowest BCUT2D eigenvalue weighted by atomic mass is 9.74. The molecule has 3 aromatic rings. The lowest BCUT2D eigenvalue weighted by Gasteiger charge is -2.42. The van der Waals surface area contributed by atoms with Crippen LogP contribution in [0.15, 0.2) is 42.5 Å². The number of hydrogen-bond donors (Lipinski definition) is 1. The van der Waals surface area contributed by atoms with Crippen molar-refractivity contribution in [2.24, 2.45) is 5.41 Å². The van der Waals surface area contributed by atoms with Gasteiger partial charge in [0.2, 0.25) is 0 Å². The standard InChI is InChI=1S/C30H36N4O3/c1-20-21(2)33-26-18-24(11-12-25(26)32-20)29(36)34-16-14-30(15-17-34)13-7-6-9-23-8-4-5-10-27(23)37-22(3)28(35)31-19-30/h4-5,8,10-12,18,22H,6-7,9,13-17,19H2,1-3H3,(H,31,35)/t22-/m1/s1. The van der Waals surface area contributed by atoms with Gasteiger partial charge >= 0.3 is 0 Å². The summed E-state index contributed by atoms with van der Waals surface area (Å²) < 4.78 is 6.02. The number of ether oxygens (including phenoxy) is 1. The Morgan fingerprint density at radius 2 is 1.73 bits per heavy atom. The van der Waals surface area contributed by atoms with Crippen LogP contribution in [0.2, 0.25) is 0 Å². The quantitative estimate of drug-likeness (QED) is 0.520. The zero-order valence-electron chi connectivity index (χ0n) is 22.0. The van der Waals surface area contributed by atoms with E-state index in [4.69, 9.17) is 4.74 Å². The zero-order chi connectivity index (χ0) is 26.0. The Hall–Kier alpha value is -3.48. The first kappa shape index (κ1) is 25.2. The average Bonchev–Trinajstić information content (AvgIpc) is 2.90. The number of aryl methyl sites for hydroxylation is 3. The van der Waals surface area contributed by atoms with Crippen molar-refractivity contribution < 1.29 is 14.3 Å². The fourth-order valence-corrected chi connectivity index (χ4v) is 5.55. The molecule has 1 spiro atoms. The Morgan fingerprint density at radius 3 is 2.51 bits per heavy atom. The van der Waals surface area contributed by atoms with E-state index in [2.05, 4.69) is 21.4 Å². The lowest BCUT2D eigenvalue weighted by Crippen LogP contribution is -2.49. The van der Waals surface area contributed by atoms with E-state index < -0.39 is 6.10 Å². The van der Waals surface area contributed by atoms with Gasteiger partial charge in [-0.05, 0) is 88.1 Å². The molecule has 2 aromatic carbocycles. The van der Waals surface area contributed by atoms with Crippen molar-refractivity contribution in [3.63, 3.8) is 0 Å². The third-order valence-corrected chi connectivity index (χ3v) is 8.12. The van der Waals surface area contributed by atoms with Gasteiger partial charge in [0.25, 0.3) is 11.8 Å². The van der Waals surface area contributed by atoms with Crippen molar-refractivity contribution in [1.82, 2.24) is 20.2 Å². The molecular formula is C30H36N4O3. The molecule has 1 aromatic heterocycles. The highest BCUT2D eigenvalue weighted by molar-refractivity contribution is 5.97. The molecule has 1 fully saturated rings. The molecule has 0 bridgehead atoms. The van der Waals surface area contributed by atoms with Gasteiger partial charge in [0.15, 0.2) is 6.10 Å². The van der Waals surface area contributed by atoms with E-state index in [0.717, 1.165) is 72.3 Å². The predicted molar refractivity (Wildman–Crippen MR) is 144 cm³/mol. The predicted octanol–water partition coefficient (Wildman–Crippen LogP) is 4.78. The number of piperidine rings is 1. The Bertz CT molecular complexity index is 1310. The second-order valence-electron chi connectivity index (χ2n) is 10.7. The summed E-state index contributed by atoms with van der Waals surface area (Å²) >= 11 is 0. The van der Waals surface area contributed by atoms with Gasteiger partial charge in [0.1, 0.15) is 5.75 Å². The van der Waals surface area contributed by atoms with Crippen molar-refractivity contribution >= 4 is 22.8 Å². The molecule has 0 unspecified atom stereocenters. The summed E-state index contributed by atoms with van der Waals surface area (Å²) in [6.45, 7) is 7.67. The van der Waals surface area contributed by atoms with E-state index in [-0.39, 0.29) is 17.2 Å². The van der Waals surface area contributed by atoms with E-state index in [1.807, 2.05) is 62.1 Å². The summed E-state index contributed by atoms with van der Waals surface area (Å²) in [4.78, 5) is 37.4. The molecule has 3 heterocycles. The number of benzene rings is 2. The molecule has 0 radical (unpaired) electrons. The minimum atomic E-state index is -0.553. The molecule has 1 saturated heterocycles. The Morgan fingerprint density at radius 1 is 1.00 bits per heavy atom. The van der Waals surface area contributed by atoms with E-state index in [0.29, 0.717) is 25.2 Å². The molecule has 37 heavy (non-hydrogen) atoms. The monoisotopic (exact) mass is 500 g/mol. The SMILES string of the molecule is Cc1nc2ccc(C(=O)N3CCC4(CCCCc5ccccc5O[C@H](C)C(=O)NC4)CC3)cc2nc1C. The maximum Gasteiger partial charge on any atom is 0.260 e. The first-order valence-electron chi connectivity index (χ1n) is 13.4. The summed E-state index contributed by atoms with van der Waals surface area (Å²) in [6, 6.07) is 13.6. The number of carbonyl (C=O) groups excluding carboxylic acids is 2. The lowest BCUT2D eigenvalue weighted by molar-refractivity contribution is -0.128. The minimum Gasteiger partial charge on any atom is -0.481 e. The molecule has 0 saturated carbocycles. The largest absolute Gasteiger partial charge is 0.481 e. The van der Waals surface area contributed by atoms with E-state index >= 15 is 0 Å². The van der Waals surface area contributed by atoms with E-state index in [1.54, 1.807) is 0 Å². The molecule has 2 aliphatic heterocycles. The number of para-hydroxylation sites is 1. The summed E-state index contributed by atoms with van der Waals surface area (Å²) in [5, 5.41) is 3.16. The smallest absolute Gasteiger partial charge is 0.260 e. The molecule has 2 amide bonds. The number of nitrogens with one attached hydrogen (secondary N) is 1. The maximum atomic E-state index is 13.4. The van der Waals surface area contributed by atoms with Gasteiger partial charge in [0.05, 0.1) is 22.4 Å². The van der Waals surface area contributed by atoms with Crippen LogP contribution in [0.1, 0.15) is 66.3 Å². The molecule has 1 atom stereocenters. The Balaban J connectivity index is 1.27. The molecule has 194 valence electrons. The third kappa shape index (κ3) is 5.45. The number of rotatable bonds is 1. The van der Waals surface area contributed by atoms with Gasteiger partial charge < -0.3 is 15.0 Å².